The van der Waals surface area contributed by atoms with E-state index in [-0.39, 0.29) is 0 Å². The number of carbonyl (C=O) groups excluding carboxylic acids is 1. The number of piperidine rings is 1. The van der Waals surface area contributed by atoms with E-state index in [9.17, 15) is 4.79 Å². The third kappa shape index (κ3) is 5.25. The molecule has 88 valence electrons. The van der Waals surface area contributed by atoms with Crippen molar-refractivity contribution in [3.8, 4) is 0 Å². The van der Waals surface area contributed by atoms with E-state index in [1.165, 1.54) is 12.8 Å². The maximum absolute atomic E-state index is 11.1. The molecule has 15 heavy (non-hydrogen) atoms. The van der Waals surface area contributed by atoms with Crippen molar-refractivity contribution in [2.75, 3.05) is 13.2 Å². The Kier molecular flexibility index (Phi) is 5.47. The van der Waals surface area contributed by atoms with Crippen molar-refractivity contribution in [2.24, 2.45) is 0 Å². The minimum absolute atomic E-state index is 0.296. The third-order valence-corrected chi connectivity index (χ3v) is 2.81. The summed E-state index contributed by atoms with van der Waals surface area (Å²) in [6, 6.07) is 0.418. The normalized spacial score (nSPS) is 22.5. The number of hydrogen-bond donors (Lipinski definition) is 1. The van der Waals surface area contributed by atoms with Gasteiger partial charge in [0.2, 0.25) is 0 Å². The van der Waals surface area contributed by atoms with Gasteiger partial charge in [0.15, 0.2) is 0 Å². The highest BCUT2D eigenvalue weighted by atomic mass is 35.6. The maximum atomic E-state index is 11.1. The summed E-state index contributed by atoms with van der Waals surface area (Å²) < 4.78 is 2.88. The molecule has 0 bridgehead atoms. The number of halogens is 3. The number of ether oxygens (including phenoxy) is 1. The van der Waals surface area contributed by atoms with Gasteiger partial charge in [-0.3, -0.25) is 0 Å². The van der Waals surface area contributed by atoms with Crippen LogP contribution in [0.5, 0.6) is 0 Å². The lowest BCUT2D eigenvalue weighted by atomic mass is 10.0. The molecule has 1 rings (SSSR count). The van der Waals surface area contributed by atoms with Gasteiger partial charge in [-0.2, -0.15) is 0 Å². The van der Waals surface area contributed by atoms with Crippen molar-refractivity contribution in [1.82, 2.24) is 5.32 Å². The summed E-state index contributed by atoms with van der Waals surface area (Å²) in [4.78, 5) is 11.1. The Bertz CT molecular complexity index is 212. The molecule has 0 aliphatic carbocycles. The average Bonchev–Trinajstić information content (AvgIpc) is 2.18. The predicted molar refractivity (Wildman–Crippen MR) is 61.5 cm³/mol. The van der Waals surface area contributed by atoms with Crippen molar-refractivity contribution in [2.45, 2.75) is 35.5 Å². The fourth-order valence-electron chi connectivity index (χ4n) is 1.55. The molecule has 0 aromatic heterocycles. The molecule has 1 saturated heterocycles. The zero-order valence-corrected chi connectivity index (χ0v) is 10.5. The van der Waals surface area contributed by atoms with Crippen LogP contribution in [0.1, 0.15) is 25.7 Å². The van der Waals surface area contributed by atoms with E-state index in [1.807, 2.05) is 0 Å². The van der Waals surface area contributed by atoms with Gasteiger partial charge >= 0.3 is 5.97 Å². The van der Waals surface area contributed by atoms with Gasteiger partial charge in [0.1, 0.15) is 0 Å². The first-order valence-electron chi connectivity index (χ1n) is 4.97. The molecule has 0 aromatic carbocycles. The highest BCUT2D eigenvalue weighted by molar-refractivity contribution is 6.75. The molecular weight excluding hydrogens is 260 g/mol. The minimum atomic E-state index is -1.96. The second kappa shape index (κ2) is 6.14. The summed E-state index contributed by atoms with van der Waals surface area (Å²) >= 11 is 16.0. The van der Waals surface area contributed by atoms with E-state index in [2.05, 4.69) is 5.32 Å². The Morgan fingerprint density at radius 1 is 1.40 bits per heavy atom. The topological polar surface area (TPSA) is 38.3 Å². The first-order chi connectivity index (χ1) is 7.00. The van der Waals surface area contributed by atoms with E-state index in [0.29, 0.717) is 12.6 Å². The maximum Gasteiger partial charge on any atom is 0.358 e. The van der Waals surface area contributed by atoms with E-state index < -0.39 is 9.76 Å². The number of carbonyl (C=O) groups is 1. The molecule has 6 heteroatoms. The first-order valence-corrected chi connectivity index (χ1v) is 6.11. The number of alkyl halides is 3. The molecule has 1 fully saturated rings. The number of nitrogens with one attached hydrogen (secondary N) is 1. The van der Waals surface area contributed by atoms with Crippen LogP contribution < -0.4 is 5.32 Å². The Labute approximate surface area is 104 Å². The van der Waals surface area contributed by atoms with Crippen LogP contribution in [0.3, 0.4) is 0 Å². The average molecular weight is 275 g/mol. The van der Waals surface area contributed by atoms with Crippen LogP contribution in [0.4, 0.5) is 0 Å². The fourth-order valence-corrected chi connectivity index (χ4v) is 1.71. The third-order valence-electron chi connectivity index (χ3n) is 2.34. The summed E-state index contributed by atoms with van der Waals surface area (Å²) in [5.74, 6) is -0.802. The Balaban J connectivity index is 2.12. The largest absolute Gasteiger partial charge is 0.462 e. The summed E-state index contributed by atoms with van der Waals surface area (Å²) in [6.07, 6.45) is 4.32. The van der Waals surface area contributed by atoms with Crippen LogP contribution in [0.15, 0.2) is 0 Å². The summed E-state index contributed by atoms with van der Waals surface area (Å²) in [5.41, 5.74) is 0. The molecule has 3 nitrogen and oxygen atoms in total. The van der Waals surface area contributed by atoms with Crippen LogP contribution in [0, 0.1) is 0 Å². The van der Waals surface area contributed by atoms with E-state index >= 15 is 0 Å². The molecule has 1 N–H and O–H groups in total. The molecule has 1 aliphatic heterocycles. The van der Waals surface area contributed by atoms with Gasteiger partial charge in [-0.05, 0) is 25.8 Å². The fraction of sp³-hybridized carbons (Fsp3) is 0.889. The zero-order chi connectivity index (χ0) is 11.3. The lowest BCUT2D eigenvalue weighted by molar-refractivity contribution is -0.142. The second-order valence-corrected chi connectivity index (χ2v) is 5.85. The van der Waals surface area contributed by atoms with Crippen LogP contribution in [0.25, 0.3) is 0 Å². The van der Waals surface area contributed by atoms with Crippen molar-refractivity contribution >= 4 is 40.8 Å². The van der Waals surface area contributed by atoms with Crippen molar-refractivity contribution in [3.05, 3.63) is 0 Å². The predicted octanol–water partition coefficient (Wildman–Crippen LogP) is 2.43. The number of rotatable bonds is 3. The van der Waals surface area contributed by atoms with Gasteiger partial charge in [0.25, 0.3) is 3.79 Å². The molecule has 1 heterocycles. The number of esters is 1. The smallest absolute Gasteiger partial charge is 0.358 e. The highest BCUT2D eigenvalue weighted by Gasteiger charge is 2.32. The van der Waals surface area contributed by atoms with Crippen molar-refractivity contribution in [3.63, 3.8) is 0 Å². The van der Waals surface area contributed by atoms with E-state index in [0.717, 1.165) is 19.4 Å². The van der Waals surface area contributed by atoms with Gasteiger partial charge < -0.3 is 10.1 Å². The van der Waals surface area contributed by atoms with Gasteiger partial charge in [-0.25, -0.2) is 4.79 Å². The van der Waals surface area contributed by atoms with Crippen molar-refractivity contribution < 1.29 is 9.53 Å². The summed E-state index contributed by atoms with van der Waals surface area (Å²) in [7, 11) is 0. The monoisotopic (exact) mass is 273 g/mol. The molecule has 0 aromatic rings. The van der Waals surface area contributed by atoms with E-state index in [4.69, 9.17) is 39.5 Å². The van der Waals surface area contributed by atoms with Crippen LogP contribution in [0.2, 0.25) is 0 Å². The van der Waals surface area contributed by atoms with Gasteiger partial charge in [-0.15, -0.1) is 0 Å². The van der Waals surface area contributed by atoms with E-state index in [1.54, 1.807) is 0 Å². The SMILES string of the molecule is O=C(OCCC1CCCCN1)C(Cl)(Cl)Cl. The molecule has 1 atom stereocenters. The minimum Gasteiger partial charge on any atom is -0.462 e. The van der Waals surface area contributed by atoms with Crippen LogP contribution in [-0.2, 0) is 9.53 Å². The second-order valence-electron chi connectivity index (χ2n) is 3.57. The lowest BCUT2D eigenvalue weighted by Gasteiger charge is -2.23. The Morgan fingerprint density at radius 3 is 2.67 bits per heavy atom. The van der Waals surface area contributed by atoms with Crippen LogP contribution in [-0.4, -0.2) is 29.0 Å². The summed E-state index contributed by atoms with van der Waals surface area (Å²) in [6.45, 7) is 1.33. The Morgan fingerprint density at radius 2 is 2.13 bits per heavy atom. The van der Waals surface area contributed by atoms with Crippen molar-refractivity contribution in [1.29, 1.82) is 0 Å². The van der Waals surface area contributed by atoms with Crippen LogP contribution >= 0.6 is 34.8 Å². The molecule has 1 aliphatic rings. The molecule has 1 unspecified atom stereocenters. The lowest BCUT2D eigenvalue weighted by Crippen LogP contribution is -2.35. The molecular formula is C9H14Cl3NO2. The number of hydrogen-bond acceptors (Lipinski definition) is 3. The summed E-state index contributed by atoms with van der Waals surface area (Å²) in [5, 5.41) is 3.34. The Hall–Kier alpha value is 0.300. The molecule has 0 saturated carbocycles. The first kappa shape index (κ1) is 13.4. The standard InChI is InChI=1S/C9H14Cl3NO2/c10-9(11,12)8(14)15-6-4-7-3-1-2-5-13-7/h7,13H,1-6H2. The quantitative estimate of drug-likeness (QED) is 0.634. The molecule has 0 spiro atoms. The van der Waals surface area contributed by atoms with Gasteiger partial charge in [0, 0.05) is 6.04 Å². The zero-order valence-electron chi connectivity index (χ0n) is 8.27. The molecule has 0 amide bonds. The molecule has 0 radical (unpaired) electrons. The highest BCUT2D eigenvalue weighted by Crippen LogP contribution is 2.27. The van der Waals surface area contributed by atoms with Gasteiger partial charge in [-0.1, -0.05) is 41.2 Å². The van der Waals surface area contributed by atoms with Gasteiger partial charge in [0.05, 0.1) is 6.61 Å².